The van der Waals surface area contributed by atoms with Gasteiger partial charge < -0.3 is 9.88 Å². The van der Waals surface area contributed by atoms with Crippen LogP contribution in [0.3, 0.4) is 0 Å². The summed E-state index contributed by atoms with van der Waals surface area (Å²) in [5, 5.41) is 3.10. The van der Waals surface area contributed by atoms with E-state index >= 15 is 0 Å². The number of hydrogen-bond donors (Lipinski definition) is 1. The molecule has 0 saturated heterocycles. The first kappa shape index (κ1) is 13.4. The molecule has 0 radical (unpaired) electrons. The zero-order chi connectivity index (χ0) is 14.3. The predicted molar refractivity (Wildman–Crippen MR) is 77.7 cm³/mol. The topological polar surface area (TPSA) is 51.1 Å². The second kappa shape index (κ2) is 5.08. The maximum absolute atomic E-state index is 12.3. The average molecular weight is 274 g/mol. The average Bonchev–Trinajstić information content (AvgIpc) is 3.01. The van der Waals surface area contributed by atoms with E-state index in [0.29, 0.717) is 5.92 Å². The highest BCUT2D eigenvalue weighted by atomic mass is 16.2. The SMILES string of the molecule is Cc1ccc(C(=O)N[C@H]2CC[C@@H]3CCC[C@@H]32)c(=O)n1C. The highest BCUT2D eigenvalue weighted by molar-refractivity contribution is 5.94. The summed E-state index contributed by atoms with van der Waals surface area (Å²) in [6.07, 6.45) is 6.10. The van der Waals surface area contributed by atoms with E-state index in [0.717, 1.165) is 18.0 Å². The number of nitrogens with zero attached hydrogens (tertiary/aromatic N) is 1. The van der Waals surface area contributed by atoms with Crippen molar-refractivity contribution in [2.45, 2.75) is 45.1 Å². The fourth-order valence-corrected chi connectivity index (χ4v) is 3.89. The lowest BCUT2D eigenvalue weighted by Gasteiger charge is -2.20. The molecule has 0 bridgehead atoms. The fraction of sp³-hybridized carbons (Fsp3) is 0.625. The Bertz CT molecular complexity index is 591. The molecule has 2 aliphatic carbocycles. The Hall–Kier alpha value is -1.58. The van der Waals surface area contributed by atoms with E-state index in [-0.39, 0.29) is 23.1 Å². The van der Waals surface area contributed by atoms with Gasteiger partial charge in [0.25, 0.3) is 11.5 Å². The minimum absolute atomic E-state index is 0.205. The van der Waals surface area contributed by atoms with E-state index in [1.807, 2.05) is 13.0 Å². The van der Waals surface area contributed by atoms with Gasteiger partial charge in [-0.15, -0.1) is 0 Å². The van der Waals surface area contributed by atoms with E-state index in [9.17, 15) is 9.59 Å². The van der Waals surface area contributed by atoms with E-state index in [2.05, 4.69) is 5.32 Å². The Labute approximate surface area is 119 Å². The number of nitrogens with one attached hydrogen (secondary N) is 1. The molecule has 0 aromatic carbocycles. The van der Waals surface area contributed by atoms with Crippen LogP contribution in [0.25, 0.3) is 0 Å². The Morgan fingerprint density at radius 2 is 2.05 bits per heavy atom. The molecule has 0 spiro atoms. The van der Waals surface area contributed by atoms with Gasteiger partial charge in [-0.3, -0.25) is 9.59 Å². The van der Waals surface area contributed by atoms with Crippen LogP contribution in [-0.2, 0) is 7.05 Å². The van der Waals surface area contributed by atoms with Crippen molar-refractivity contribution in [3.63, 3.8) is 0 Å². The molecule has 0 aliphatic heterocycles. The largest absolute Gasteiger partial charge is 0.349 e. The fourth-order valence-electron chi connectivity index (χ4n) is 3.89. The van der Waals surface area contributed by atoms with Crippen LogP contribution in [0.15, 0.2) is 16.9 Å². The Balaban J connectivity index is 1.77. The van der Waals surface area contributed by atoms with E-state index in [4.69, 9.17) is 0 Å². The molecule has 20 heavy (non-hydrogen) atoms. The van der Waals surface area contributed by atoms with Crippen LogP contribution in [0.2, 0.25) is 0 Å². The predicted octanol–water partition coefficient (Wildman–Crippen LogP) is 2.00. The second-order valence-electron chi connectivity index (χ2n) is 6.26. The molecule has 3 atom stereocenters. The molecule has 2 aliphatic rings. The minimum Gasteiger partial charge on any atom is -0.349 e. The van der Waals surface area contributed by atoms with E-state index < -0.39 is 0 Å². The zero-order valence-corrected chi connectivity index (χ0v) is 12.2. The number of rotatable bonds is 2. The van der Waals surface area contributed by atoms with Gasteiger partial charge in [-0.05, 0) is 50.2 Å². The number of pyridine rings is 1. The highest BCUT2D eigenvalue weighted by Crippen LogP contribution is 2.43. The summed E-state index contributed by atoms with van der Waals surface area (Å²) < 4.78 is 1.53. The summed E-state index contributed by atoms with van der Waals surface area (Å²) in [6, 6.07) is 3.73. The quantitative estimate of drug-likeness (QED) is 0.897. The van der Waals surface area contributed by atoms with Crippen LogP contribution in [0.1, 0.15) is 48.2 Å². The molecule has 1 N–H and O–H groups in total. The Kier molecular flexibility index (Phi) is 3.40. The number of hydrogen-bond acceptors (Lipinski definition) is 2. The highest BCUT2D eigenvalue weighted by Gasteiger charge is 2.39. The number of aromatic nitrogens is 1. The van der Waals surface area contributed by atoms with E-state index in [1.54, 1.807) is 13.1 Å². The van der Waals surface area contributed by atoms with Crippen molar-refractivity contribution in [3.05, 3.63) is 33.7 Å². The lowest BCUT2D eigenvalue weighted by Crippen LogP contribution is -2.40. The van der Waals surface area contributed by atoms with Crippen molar-refractivity contribution in [2.75, 3.05) is 0 Å². The number of aryl methyl sites for hydroxylation is 1. The standard InChI is InChI=1S/C16H22N2O2/c1-10-6-8-13(16(20)18(10)2)15(19)17-14-9-7-11-4-3-5-12(11)14/h6,8,11-12,14H,3-5,7,9H2,1-2H3,(H,17,19)/t11-,12-,14-/m0/s1. The molecule has 1 amide bonds. The van der Waals surface area contributed by atoms with Crippen LogP contribution in [-0.4, -0.2) is 16.5 Å². The molecule has 1 aromatic heterocycles. The first-order chi connectivity index (χ1) is 9.58. The molecule has 2 fully saturated rings. The summed E-state index contributed by atoms with van der Waals surface area (Å²) in [4.78, 5) is 24.5. The molecular formula is C16H22N2O2. The van der Waals surface area contributed by atoms with Gasteiger partial charge in [-0.2, -0.15) is 0 Å². The number of fused-ring (bicyclic) bond motifs is 1. The van der Waals surface area contributed by atoms with Crippen molar-refractivity contribution in [1.29, 1.82) is 0 Å². The zero-order valence-electron chi connectivity index (χ0n) is 12.2. The van der Waals surface area contributed by atoms with Gasteiger partial charge in [0, 0.05) is 18.8 Å². The molecule has 1 aromatic rings. The number of carbonyl (C=O) groups is 1. The summed E-state index contributed by atoms with van der Waals surface area (Å²) in [7, 11) is 1.71. The van der Waals surface area contributed by atoms with Crippen LogP contribution in [0.4, 0.5) is 0 Å². The van der Waals surface area contributed by atoms with Gasteiger partial charge in [-0.1, -0.05) is 12.8 Å². The number of carbonyl (C=O) groups excluding carboxylic acids is 1. The maximum atomic E-state index is 12.3. The van der Waals surface area contributed by atoms with Gasteiger partial charge in [0.05, 0.1) is 0 Å². The van der Waals surface area contributed by atoms with Crippen molar-refractivity contribution < 1.29 is 4.79 Å². The summed E-state index contributed by atoms with van der Waals surface area (Å²) in [5.41, 5.74) is 0.922. The smallest absolute Gasteiger partial charge is 0.263 e. The molecule has 1 heterocycles. The van der Waals surface area contributed by atoms with Crippen LogP contribution in [0.5, 0.6) is 0 Å². The van der Waals surface area contributed by atoms with Gasteiger partial charge in [0.1, 0.15) is 5.56 Å². The molecule has 4 heteroatoms. The van der Waals surface area contributed by atoms with Crippen molar-refractivity contribution in [3.8, 4) is 0 Å². The lowest BCUT2D eigenvalue weighted by atomic mass is 9.97. The third-order valence-corrected chi connectivity index (χ3v) is 5.20. The van der Waals surface area contributed by atoms with Crippen LogP contribution >= 0.6 is 0 Å². The van der Waals surface area contributed by atoms with Crippen molar-refractivity contribution in [1.82, 2.24) is 9.88 Å². The Morgan fingerprint density at radius 1 is 1.25 bits per heavy atom. The lowest BCUT2D eigenvalue weighted by molar-refractivity contribution is 0.0924. The van der Waals surface area contributed by atoms with Crippen molar-refractivity contribution in [2.24, 2.45) is 18.9 Å². The van der Waals surface area contributed by atoms with Gasteiger partial charge >= 0.3 is 0 Å². The molecule has 108 valence electrons. The third kappa shape index (κ3) is 2.17. The van der Waals surface area contributed by atoms with Crippen LogP contribution in [0, 0.1) is 18.8 Å². The first-order valence-corrected chi connectivity index (χ1v) is 7.55. The molecule has 3 rings (SSSR count). The minimum atomic E-state index is -0.205. The normalized spacial score (nSPS) is 28.4. The Morgan fingerprint density at radius 3 is 2.85 bits per heavy atom. The van der Waals surface area contributed by atoms with E-state index in [1.165, 1.54) is 30.3 Å². The monoisotopic (exact) mass is 274 g/mol. The maximum Gasteiger partial charge on any atom is 0.263 e. The molecule has 0 unspecified atom stereocenters. The van der Waals surface area contributed by atoms with Gasteiger partial charge in [0.15, 0.2) is 0 Å². The summed E-state index contributed by atoms with van der Waals surface area (Å²) in [6.45, 7) is 1.86. The van der Waals surface area contributed by atoms with Gasteiger partial charge in [0.2, 0.25) is 0 Å². The number of amides is 1. The third-order valence-electron chi connectivity index (χ3n) is 5.20. The van der Waals surface area contributed by atoms with Crippen LogP contribution < -0.4 is 10.9 Å². The summed E-state index contributed by atoms with van der Waals surface area (Å²) >= 11 is 0. The van der Waals surface area contributed by atoms with Crippen molar-refractivity contribution >= 4 is 5.91 Å². The van der Waals surface area contributed by atoms with Gasteiger partial charge in [-0.25, -0.2) is 0 Å². The molecule has 2 saturated carbocycles. The second-order valence-corrected chi connectivity index (χ2v) is 6.26. The first-order valence-electron chi connectivity index (χ1n) is 7.55. The molecular weight excluding hydrogens is 252 g/mol. The summed E-state index contributed by atoms with van der Waals surface area (Å²) in [5.74, 6) is 1.22. The molecule has 4 nitrogen and oxygen atoms in total.